The Morgan fingerprint density at radius 3 is 2.67 bits per heavy atom. The zero-order chi connectivity index (χ0) is 13.0. The number of morpholine rings is 1. The number of thiocarbonyl (C=S) groups is 1. The molecule has 0 bridgehead atoms. The molecule has 1 aliphatic rings. The first-order chi connectivity index (χ1) is 8.68. The van der Waals surface area contributed by atoms with Crippen LogP contribution in [0.3, 0.4) is 0 Å². The van der Waals surface area contributed by atoms with Crippen molar-refractivity contribution in [2.24, 2.45) is 0 Å². The smallest absolute Gasteiger partial charge is 0.283 e. The highest BCUT2D eigenvalue weighted by Gasteiger charge is 2.20. The SMILES string of the molecule is O=C(Nc1ccccc1O)C(=S)N1CCOCC1. The molecule has 6 heteroatoms. The average molecular weight is 266 g/mol. The van der Waals surface area contributed by atoms with Gasteiger partial charge in [-0.3, -0.25) is 4.79 Å². The quantitative estimate of drug-likeness (QED) is 0.586. The van der Waals surface area contributed by atoms with E-state index in [1.165, 1.54) is 6.07 Å². The minimum absolute atomic E-state index is 0.0237. The van der Waals surface area contributed by atoms with Crippen LogP contribution < -0.4 is 5.32 Å². The summed E-state index contributed by atoms with van der Waals surface area (Å²) in [6.07, 6.45) is 0. The molecule has 2 N–H and O–H groups in total. The maximum Gasteiger partial charge on any atom is 0.283 e. The van der Waals surface area contributed by atoms with Gasteiger partial charge in [0.2, 0.25) is 0 Å². The van der Waals surface area contributed by atoms with Gasteiger partial charge in [0, 0.05) is 13.1 Å². The number of phenolic OH excluding ortho intramolecular Hbond substituents is 1. The Morgan fingerprint density at radius 2 is 2.00 bits per heavy atom. The van der Waals surface area contributed by atoms with Crippen molar-refractivity contribution >= 4 is 28.8 Å². The van der Waals surface area contributed by atoms with E-state index in [-0.39, 0.29) is 16.6 Å². The summed E-state index contributed by atoms with van der Waals surface area (Å²) in [5.41, 5.74) is 0.359. The van der Waals surface area contributed by atoms with Gasteiger partial charge in [-0.25, -0.2) is 0 Å². The molecule has 1 amide bonds. The normalized spacial score (nSPS) is 15.2. The monoisotopic (exact) mass is 266 g/mol. The number of rotatable bonds is 1. The largest absolute Gasteiger partial charge is 0.506 e. The number of nitrogens with zero attached hydrogens (tertiary/aromatic N) is 1. The number of benzene rings is 1. The number of aromatic hydroxyl groups is 1. The van der Waals surface area contributed by atoms with E-state index in [0.717, 1.165) is 0 Å². The van der Waals surface area contributed by atoms with Gasteiger partial charge in [-0.05, 0) is 12.1 Å². The molecule has 0 aromatic heterocycles. The molecule has 5 nitrogen and oxygen atoms in total. The number of ether oxygens (including phenoxy) is 1. The van der Waals surface area contributed by atoms with Crippen molar-refractivity contribution in [3.8, 4) is 5.75 Å². The minimum atomic E-state index is -0.381. The predicted octanol–water partition coefficient (Wildman–Crippen LogP) is 0.990. The number of para-hydroxylation sites is 2. The first-order valence-electron chi connectivity index (χ1n) is 5.64. The van der Waals surface area contributed by atoms with Gasteiger partial charge in [0.15, 0.2) is 4.99 Å². The summed E-state index contributed by atoms with van der Waals surface area (Å²) in [6.45, 7) is 2.38. The molecule has 0 atom stereocenters. The molecule has 1 aliphatic heterocycles. The molecular weight excluding hydrogens is 252 g/mol. The summed E-state index contributed by atoms with van der Waals surface area (Å²) in [5.74, 6) is -0.357. The summed E-state index contributed by atoms with van der Waals surface area (Å²) < 4.78 is 5.19. The first kappa shape index (κ1) is 12.8. The van der Waals surface area contributed by atoms with Crippen LogP contribution in [0.5, 0.6) is 5.75 Å². The molecule has 1 heterocycles. The molecule has 1 aromatic carbocycles. The lowest BCUT2D eigenvalue weighted by molar-refractivity contribution is -0.111. The van der Waals surface area contributed by atoms with E-state index in [1.54, 1.807) is 23.1 Å². The Kier molecular flexibility index (Phi) is 4.11. The van der Waals surface area contributed by atoms with Crippen molar-refractivity contribution in [2.75, 3.05) is 31.6 Å². The number of carbonyl (C=O) groups excluding carboxylic acids is 1. The Hall–Kier alpha value is -1.66. The second-order valence-electron chi connectivity index (χ2n) is 3.88. The standard InChI is InChI=1S/C12H14N2O3S/c15-10-4-2-1-3-9(10)13-11(16)12(18)14-5-7-17-8-6-14/h1-4,15H,5-8H2,(H,13,16). The lowest BCUT2D eigenvalue weighted by Gasteiger charge is -2.28. The van der Waals surface area contributed by atoms with Crippen LogP contribution in [-0.4, -0.2) is 47.2 Å². The van der Waals surface area contributed by atoms with Gasteiger partial charge in [0.05, 0.1) is 18.9 Å². The Balaban J connectivity index is 1.99. The molecule has 0 saturated carbocycles. The second-order valence-corrected chi connectivity index (χ2v) is 4.26. The summed E-state index contributed by atoms with van der Waals surface area (Å²) in [6, 6.07) is 6.54. The van der Waals surface area contributed by atoms with Crippen LogP contribution in [-0.2, 0) is 9.53 Å². The third kappa shape index (κ3) is 2.96. The van der Waals surface area contributed by atoms with Crippen LogP contribution in [0.15, 0.2) is 24.3 Å². The second kappa shape index (κ2) is 5.79. The van der Waals surface area contributed by atoms with Gasteiger partial charge in [-0.2, -0.15) is 0 Å². The maximum atomic E-state index is 11.9. The molecular formula is C12H14N2O3S. The van der Waals surface area contributed by atoms with Gasteiger partial charge >= 0.3 is 0 Å². The predicted molar refractivity (Wildman–Crippen MR) is 71.7 cm³/mol. The molecule has 2 rings (SSSR count). The topological polar surface area (TPSA) is 61.8 Å². The van der Waals surface area contributed by atoms with Crippen molar-refractivity contribution in [3.63, 3.8) is 0 Å². The molecule has 1 saturated heterocycles. The molecule has 0 unspecified atom stereocenters. The Bertz CT molecular complexity index is 458. The van der Waals surface area contributed by atoms with E-state index in [9.17, 15) is 9.90 Å². The summed E-state index contributed by atoms with van der Waals surface area (Å²) in [5, 5.41) is 12.2. The molecule has 1 fully saturated rings. The van der Waals surface area contributed by atoms with E-state index in [2.05, 4.69) is 5.32 Å². The van der Waals surface area contributed by atoms with E-state index < -0.39 is 0 Å². The fourth-order valence-corrected chi connectivity index (χ4v) is 1.90. The number of carbonyl (C=O) groups is 1. The van der Waals surface area contributed by atoms with Crippen LogP contribution in [0, 0.1) is 0 Å². The zero-order valence-corrected chi connectivity index (χ0v) is 10.6. The molecule has 96 valence electrons. The number of nitrogens with one attached hydrogen (secondary N) is 1. The summed E-state index contributed by atoms with van der Waals surface area (Å²) >= 11 is 5.12. The Labute approximate surface area is 110 Å². The van der Waals surface area contributed by atoms with E-state index in [1.807, 2.05) is 0 Å². The number of hydrogen-bond acceptors (Lipinski definition) is 4. The van der Waals surface area contributed by atoms with Gasteiger partial charge in [-0.15, -0.1) is 0 Å². The minimum Gasteiger partial charge on any atom is -0.506 e. The summed E-state index contributed by atoms with van der Waals surface area (Å²) in [7, 11) is 0. The lowest BCUT2D eigenvalue weighted by atomic mass is 10.3. The van der Waals surface area contributed by atoms with Crippen molar-refractivity contribution < 1.29 is 14.6 Å². The van der Waals surface area contributed by atoms with Gasteiger partial charge in [0.25, 0.3) is 5.91 Å². The number of hydrogen-bond donors (Lipinski definition) is 2. The molecule has 1 aromatic rings. The van der Waals surface area contributed by atoms with Crippen LogP contribution in [0.25, 0.3) is 0 Å². The van der Waals surface area contributed by atoms with E-state index >= 15 is 0 Å². The average Bonchev–Trinajstić information content (AvgIpc) is 2.41. The van der Waals surface area contributed by atoms with Gasteiger partial charge < -0.3 is 20.1 Å². The third-order valence-electron chi connectivity index (χ3n) is 2.64. The maximum absolute atomic E-state index is 11.9. The van der Waals surface area contributed by atoms with Crippen molar-refractivity contribution in [2.45, 2.75) is 0 Å². The highest BCUT2D eigenvalue weighted by Crippen LogP contribution is 2.21. The summed E-state index contributed by atoms with van der Waals surface area (Å²) in [4.78, 5) is 13.9. The van der Waals surface area contributed by atoms with Crippen LogP contribution in [0.2, 0.25) is 0 Å². The van der Waals surface area contributed by atoms with Gasteiger partial charge in [0.1, 0.15) is 5.75 Å². The highest BCUT2D eigenvalue weighted by molar-refractivity contribution is 7.82. The number of amides is 1. The Morgan fingerprint density at radius 1 is 1.33 bits per heavy atom. The van der Waals surface area contributed by atoms with E-state index in [0.29, 0.717) is 32.0 Å². The van der Waals surface area contributed by atoms with Crippen molar-refractivity contribution in [1.82, 2.24) is 4.90 Å². The van der Waals surface area contributed by atoms with Gasteiger partial charge in [-0.1, -0.05) is 24.4 Å². The fraction of sp³-hybridized carbons (Fsp3) is 0.333. The van der Waals surface area contributed by atoms with E-state index in [4.69, 9.17) is 17.0 Å². The number of phenols is 1. The molecule has 18 heavy (non-hydrogen) atoms. The zero-order valence-electron chi connectivity index (χ0n) is 9.76. The fourth-order valence-electron chi connectivity index (χ4n) is 1.67. The van der Waals surface area contributed by atoms with Crippen LogP contribution in [0.1, 0.15) is 0 Å². The van der Waals surface area contributed by atoms with Crippen molar-refractivity contribution in [1.29, 1.82) is 0 Å². The van der Waals surface area contributed by atoms with Crippen LogP contribution in [0.4, 0.5) is 5.69 Å². The van der Waals surface area contributed by atoms with Crippen molar-refractivity contribution in [3.05, 3.63) is 24.3 Å². The molecule has 0 radical (unpaired) electrons. The van der Waals surface area contributed by atoms with Crippen LogP contribution >= 0.6 is 12.2 Å². The molecule has 0 spiro atoms. The number of anilines is 1. The molecule has 0 aliphatic carbocycles. The third-order valence-corrected chi connectivity index (χ3v) is 3.09. The first-order valence-corrected chi connectivity index (χ1v) is 6.05. The highest BCUT2D eigenvalue weighted by atomic mass is 32.1. The lowest BCUT2D eigenvalue weighted by Crippen LogP contribution is -2.44.